The van der Waals surface area contributed by atoms with Gasteiger partial charge in [-0.1, -0.05) is 34.8 Å². The topological polar surface area (TPSA) is 42.7 Å². The van der Waals surface area contributed by atoms with Crippen molar-refractivity contribution in [1.82, 2.24) is 14.8 Å². The van der Waals surface area contributed by atoms with Crippen molar-refractivity contribution in [3.63, 3.8) is 0 Å². The summed E-state index contributed by atoms with van der Waals surface area (Å²) in [5.74, 6) is 0.833. The van der Waals surface area contributed by atoms with Gasteiger partial charge in [-0.15, -0.1) is 0 Å². The van der Waals surface area contributed by atoms with Gasteiger partial charge in [0.1, 0.15) is 12.2 Å². The van der Waals surface area contributed by atoms with Crippen molar-refractivity contribution in [2.75, 3.05) is 5.32 Å². The predicted molar refractivity (Wildman–Crippen MR) is 74.5 cm³/mol. The molecule has 1 heterocycles. The number of rotatable bonds is 4. The third-order valence-electron chi connectivity index (χ3n) is 2.44. The van der Waals surface area contributed by atoms with Crippen molar-refractivity contribution in [2.45, 2.75) is 20.0 Å². The van der Waals surface area contributed by atoms with Crippen LogP contribution in [0.25, 0.3) is 0 Å². The fourth-order valence-electron chi connectivity index (χ4n) is 1.52. The fraction of sp³-hybridized carbons (Fsp3) is 0.273. The van der Waals surface area contributed by atoms with Gasteiger partial charge >= 0.3 is 0 Å². The summed E-state index contributed by atoms with van der Waals surface area (Å²) in [5.41, 5.74) is 0.719. The zero-order valence-electron chi connectivity index (χ0n) is 9.62. The number of anilines is 1. The number of benzene rings is 1. The largest absolute Gasteiger partial charge is 0.377 e. The number of halogens is 3. The van der Waals surface area contributed by atoms with Gasteiger partial charge in [-0.05, 0) is 19.1 Å². The molecule has 1 N–H and O–H groups in total. The lowest BCUT2D eigenvalue weighted by Crippen LogP contribution is -2.09. The molecule has 0 radical (unpaired) electrons. The van der Waals surface area contributed by atoms with Crippen LogP contribution in [-0.2, 0) is 13.1 Å². The predicted octanol–water partition coefficient (Wildman–Crippen LogP) is 3.87. The first-order valence-corrected chi connectivity index (χ1v) is 6.50. The van der Waals surface area contributed by atoms with Crippen molar-refractivity contribution in [3.05, 3.63) is 39.4 Å². The molecule has 0 aliphatic carbocycles. The van der Waals surface area contributed by atoms with E-state index in [2.05, 4.69) is 15.4 Å². The maximum absolute atomic E-state index is 6.07. The molecule has 0 amide bonds. The highest BCUT2D eigenvalue weighted by Crippen LogP contribution is 2.32. The summed E-state index contributed by atoms with van der Waals surface area (Å²) in [6, 6.07) is 3.30. The van der Waals surface area contributed by atoms with Crippen LogP contribution < -0.4 is 5.32 Å². The van der Waals surface area contributed by atoms with Crippen molar-refractivity contribution in [1.29, 1.82) is 0 Å². The minimum Gasteiger partial charge on any atom is -0.377 e. The van der Waals surface area contributed by atoms with E-state index in [0.717, 1.165) is 18.1 Å². The van der Waals surface area contributed by atoms with Gasteiger partial charge in [-0.25, -0.2) is 9.67 Å². The molecule has 1 aromatic heterocycles. The fourth-order valence-corrected chi connectivity index (χ4v) is 2.14. The van der Waals surface area contributed by atoms with Crippen molar-refractivity contribution in [3.8, 4) is 0 Å². The van der Waals surface area contributed by atoms with E-state index in [4.69, 9.17) is 34.8 Å². The Hall–Kier alpha value is -0.970. The maximum Gasteiger partial charge on any atom is 0.146 e. The molecule has 0 fully saturated rings. The Labute approximate surface area is 120 Å². The average molecular weight is 306 g/mol. The molecule has 0 saturated carbocycles. The first-order chi connectivity index (χ1) is 8.61. The van der Waals surface area contributed by atoms with Gasteiger partial charge in [-0.3, -0.25) is 0 Å². The summed E-state index contributed by atoms with van der Waals surface area (Å²) in [7, 11) is 0. The molecule has 0 saturated heterocycles. The van der Waals surface area contributed by atoms with E-state index in [1.54, 1.807) is 16.8 Å². The van der Waals surface area contributed by atoms with Crippen LogP contribution in [0.1, 0.15) is 12.7 Å². The van der Waals surface area contributed by atoms with E-state index in [0.29, 0.717) is 21.6 Å². The molecular formula is C11H11Cl3N4. The van der Waals surface area contributed by atoms with Crippen molar-refractivity contribution < 1.29 is 0 Å². The normalized spacial score (nSPS) is 10.7. The van der Waals surface area contributed by atoms with Gasteiger partial charge in [0.2, 0.25) is 0 Å². The standard InChI is InChI=1S/C11H11Cl3N4/c1-2-18-11(16-6-17-18)5-15-10-4-8(13)7(12)3-9(10)14/h3-4,6,15H,2,5H2,1H3. The lowest BCUT2D eigenvalue weighted by atomic mass is 10.3. The minimum atomic E-state index is 0.434. The number of hydrogen-bond acceptors (Lipinski definition) is 3. The van der Waals surface area contributed by atoms with Crippen LogP contribution in [0.5, 0.6) is 0 Å². The first-order valence-electron chi connectivity index (χ1n) is 5.37. The number of aromatic nitrogens is 3. The number of aryl methyl sites for hydroxylation is 1. The van der Waals surface area contributed by atoms with Crippen LogP contribution in [0, 0.1) is 0 Å². The van der Waals surface area contributed by atoms with Crippen LogP contribution >= 0.6 is 34.8 Å². The molecule has 0 aliphatic heterocycles. The summed E-state index contributed by atoms with van der Waals surface area (Å²) in [6.45, 7) is 3.29. The van der Waals surface area contributed by atoms with E-state index in [1.165, 1.54) is 6.33 Å². The quantitative estimate of drug-likeness (QED) is 0.872. The summed E-state index contributed by atoms with van der Waals surface area (Å²) < 4.78 is 1.80. The zero-order chi connectivity index (χ0) is 13.1. The second-order valence-corrected chi connectivity index (χ2v) is 4.81. The third-order valence-corrected chi connectivity index (χ3v) is 3.48. The second kappa shape index (κ2) is 5.78. The summed E-state index contributed by atoms with van der Waals surface area (Å²) in [4.78, 5) is 4.16. The highest BCUT2D eigenvalue weighted by Gasteiger charge is 2.07. The molecule has 0 spiro atoms. The lowest BCUT2D eigenvalue weighted by molar-refractivity contribution is 0.622. The lowest BCUT2D eigenvalue weighted by Gasteiger charge is -2.09. The molecule has 0 bridgehead atoms. The number of nitrogens with one attached hydrogen (secondary N) is 1. The van der Waals surface area contributed by atoms with E-state index < -0.39 is 0 Å². The molecule has 2 aromatic rings. The molecular weight excluding hydrogens is 295 g/mol. The van der Waals surface area contributed by atoms with Gasteiger partial charge in [0, 0.05) is 6.54 Å². The first kappa shape index (κ1) is 13.5. The van der Waals surface area contributed by atoms with Gasteiger partial charge in [0.05, 0.1) is 27.3 Å². The molecule has 96 valence electrons. The van der Waals surface area contributed by atoms with Crippen LogP contribution in [0.2, 0.25) is 15.1 Å². The smallest absolute Gasteiger partial charge is 0.146 e. The van der Waals surface area contributed by atoms with E-state index in [-0.39, 0.29) is 0 Å². The van der Waals surface area contributed by atoms with Gasteiger partial charge in [-0.2, -0.15) is 5.10 Å². The highest BCUT2D eigenvalue weighted by atomic mass is 35.5. The monoisotopic (exact) mass is 304 g/mol. The summed E-state index contributed by atoms with van der Waals surface area (Å²) >= 11 is 17.9. The van der Waals surface area contributed by atoms with Gasteiger partial charge < -0.3 is 5.32 Å². The molecule has 4 nitrogen and oxygen atoms in total. The molecule has 0 atom stereocenters. The molecule has 7 heteroatoms. The SMILES string of the molecule is CCn1ncnc1CNc1cc(Cl)c(Cl)cc1Cl. The second-order valence-electron chi connectivity index (χ2n) is 3.59. The van der Waals surface area contributed by atoms with E-state index in [1.807, 2.05) is 6.92 Å². The Bertz CT molecular complexity index is 553. The minimum absolute atomic E-state index is 0.434. The van der Waals surface area contributed by atoms with Crippen LogP contribution in [0.4, 0.5) is 5.69 Å². The summed E-state index contributed by atoms with van der Waals surface area (Å²) in [6.07, 6.45) is 1.52. The summed E-state index contributed by atoms with van der Waals surface area (Å²) in [5, 5.41) is 8.66. The Morgan fingerprint density at radius 2 is 1.89 bits per heavy atom. The number of hydrogen-bond donors (Lipinski definition) is 1. The molecule has 0 unspecified atom stereocenters. The maximum atomic E-state index is 6.07. The molecule has 0 aliphatic rings. The molecule has 1 aromatic carbocycles. The van der Waals surface area contributed by atoms with E-state index in [9.17, 15) is 0 Å². The molecule has 18 heavy (non-hydrogen) atoms. The zero-order valence-corrected chi connectivity index (χ0v) is 11.9. The Morgan fingerprint density at radius 1 is 1.17 bits per heavy atom. The molecule has 2 rings (SSSR count). The number of nitrogens with zero attached hydrogens (tertiary/aromatic N) is 3. The van der Waals surface area contributed by atoms with Crippen molar-refractivity contribution in [2.24, 2.45) is 0 Å². The van der Waals surface area contributed by atoms with Crippen LogP contribution in [0.3, 0.4) is 0 Å². The average Bonchev–Trinajstić information content (AvgIpc) is 2.79. The van der Waals surface area contributed by atoms with Crippen molar-refractivity contribution >= 4 is 40.5 Å². The Balaban J connectivity index is 2.13. The third kappa shape index (κ3) is 2.88. The Kier molecular flexibility index (Phi) is 4.32. The van der Waals surface area contributed by atoms with E-state index >= 15 is 0 Å². The van der Waals surface area contributed by atoms with Gasteiger partial charge in [0.25, 0.3) is 0 Å². The highest BCUT2D eigenvalue weighted by molar-refractivity contribution is 6.44. The van der Waals surface area contributed by atoms with Gasteiger partial charge in [0.15, 0.2) is 0 Å². The van der Waals surface area contributed by atoms with Crippen LogP contribution in [-0.4, -0.2) is 14.8 Å². The van der Waals surface area contributed by atoms with Crippen LogP contribution in [0.15, 0.2) is 18.5 Å². The Morgan fingerprint density at radius 3 is 2.61 bits per heavy atom.